The molecule has 1 heteroatoms. The third kappa shape index (κ3) is 1.77. The van der Waals surface area contributed by atoms with Gasteiger partial charge in [-0.25, -0.2) is 0 Å². The molecule has 1 aliphatic rings. The molecule has 0 aromatic heterocycles. The molecule has 0 bridgehead atoms. The number of likely N-dealkylation sites (N-methyl/N-ethyl adjacent to an activating group) is 1. The molecular weight excluding hydrogens is 206 g/mol. The van der Waals surface area contributed by atoms with Gasteiger partial charge in [-0.3, -0.25) is 4.90 Å². The van der Waals surface area contributed by atoms with Gasteiger partial charge in [0.25, 0.3) is 0 Å². The average molecular weight is 223 g/mol. The fourth-order valence-corrected chi connectivity index (χ4v) is 2.54. The first kappa shape index (κ1) is 10.5. The molecule has 3 rings (SSSR count). The van der Waals surface area contributed by atoms with Crippen LogP contribution in [-0.4, -0.2) is 24.5 Å². The van der Waals surface area contributed by atoms with Crippen molar-refractivity contribution in [3.8, 4) is 0 Å². The number of hydrogen-bond donors (Lipinski definition) is 0. The molecule has 1 atom stereocenters. The van der Waals surface area contributed by atoms with Crippen LogP contribution in [0.25, 0.3) is 16.3 Å². The summed E-state index contributed by atoms with van der Waals surface area (Å²) in [6.07, 6.45) is 2.34. The summed E-state index contributed by atoms with van der Waals surface area (Å²) in [6.45, 7) is 3.33. The molecule has 0 saturated carbocycles. The molecule has 0 spiro atoms. The summed E-state index contributed by atoms with van der Waals surface area (Å²) in [6, 6.07) is 15.8. The van der Waals surface area contributed by atoms with E-state index in [9.17, 15) is 0 Å². The maximum atomic E-state index is 2.37. The minimum Gasteiger partial charge on any atom is -0.296 e. The summed E-state index contributed by atoms with van der Waals surface area (Å²) >= 11 is 0. The third-order valence-electron chi connectivity index (χ3n) is 3.79. The highest BCUT2D eigenvalue weighted by Gasteiger charge is 2.20. The Labute approximate surface area is 102 Å². The Bertz CT molecular complexity index is 583. The van der Waals surface area contributed by atoms with Gasteiger partial charge in [0.1, 0.15) is 0 Å². The standard InChI is InChI=1S/C16H17N/c1-12-16(9-10-17(12)2)15-8-7-13-5-3-4-6-14(13)11-15/h3-9,11-12H,10H2,1-2H3/t12-/m1/s1. The van der Waals surface area contributed by atoms with E-state index in [0.29, 0.717) is 6.04 Å². The lowest BCUT2D eigenvalue weighted by Crippen LogP contribution is -2.24. The maximum absolute atomic E-state index is 2.37. The molecule has 0 unspecified atom stereocenters. The van der Waals surface area contributed by atoms with Gasteiger partial charge in [0.2, 0.25) is 0 Å². The maximum Gasteiger partial charge on any atom is 0.0323 e. The fourth-order valence-electron chi connectivity index (χ4n) is 2.54. The van der Waals surface area contributed by atoms with Gasteiger partial charge in [-0.2, -0.15) is 0 Å². The van der Waals surface area contributed by atoms with Crippen molar-refractivity contribution in [3.63, 3.8) is 0 Å². The highest BCUT2D eigenvalue weighted by molar-refractivity contribution is 5.87. The molecule has 1 aliphatic heterocycles. The van der Waals surface area contributed by atoms with Crippen molar-refractivity contribution in [3.05, 3.63) is 54.1 Å². The molecule has 0 N–H and O–H groups in total. The number of fused-ring (bicyclic) bond motifs is 1. The van der Waals surface area contributed by atoms with Crippen LogP contribution in [0.5, 0.6) is 0 Å². The van der Waals surface area contributed by atoms with Crippen molar-refractivity contribution in [1.29, 1.82) is 0 Å². The highest BCUT2D eigenvalue weighted by Crippen LogP contribution is 2.28. The normalized spacial score (nSPS) is 20.8. The topological polar surface area (TPSA) is 3.24 Å². The van der Waals surface area contributed by atoms with E-state index in [4.69, 9.17) is 0 Å². The minimum atomic E-state index is 0.524. The second kappa shape index (κ2) is 4.01. The van der Waals surface area contributed by atoms with E-state index in [1.54, 1.807) is 0 Å². The molecule has 0 aliphatic carbocycles. The van der Waals surface area contributed by atoms with E-state index in [2.05, 4.69) is 67.4 Å². The smallest absolute Gasteiger partial charge is 0.0323 e. The van der Waals surface area contributed by atoms with Crippen LogP contribution in [0.4, 0.5) is 0 Å². The van der Waals surface area contributed by atoms with Crippen LogP contribution in [0, 0.1) is 0 Å². The molecule has 1 heterocycles. The Hall–Kier alpha value is -1.60. The highest BCUT2D eigenvalue weighted by atomic mass is 15.1. The predicted molar refractivity (Wildman–Crippen MR) is 74.0 cm³/mol. The van der Waals surface area contributed by atoms with E-state index in [1.807, 2.05) is 0 Å². The van der Waals surface area contributed by atoms with Crippen LogP contribution in [0.15, 0.2) is 48.5 Å². The van der Waals surface area contributed by atoms with Crippen molar-refractivity contribution in [2.75, 3.05) is 13.6 Å². The summed E-state index contributed by atoms with van der Waals surface area (Å²) in [5.74, 6) is 0. The quantitative estimate of drug-likeness (QED) is 0.714. The average Bonchev–Trinajstić information content (AvgIpc) is 2.70. The summed E-state index contributed by atoms with van der Waals surface area (Å²) in [4.78, 5) is 2.37. The SMILES string of the molecule is C[C@@H]1C(c2ccc3ccccc3c2)=CCN1C. The van der Waals surface area contributed by atoms with Crippen molar-refractivity contribution in [1.82, 2.24) is 4.90 Å². The van der Waals surface area contributed by atoms with Crippen LogP contribution in [-0.2, 0) is 0 Å². The van der Waals surface area contributed by atoms with Gasteiger partial charge in [-0.15, -0.1) is 0 Å². The lowest BCUT2D eigenvalue weighted by atomic mass is 9.98. The molecule has 0 amide bonds. The van der Waals surface area contributed by atoms with Crippen LogP contribution in [0.1, 0.15) is 12.5 Å². The Morgan fingerprint density at radius 3 is 2.53 bits per heavy atom. The Morgan fingerprint density at radius 2 is 1.82 bits per heavy atom. The number of hydrogen-bond acceptors (Lipinski definition) is 1. The number of rotatable bonds is 1. The Balaban J connectivity index is 2.07. The first-order valence-electron chi connectivity index (χ1n) is 6.15. The fraction of sp³-hybridized carbons (Fsp3) is 0.250. The molecule has 0 saturated heterocycles. The summed E-state index contributed by atoms with van der Waals surface area (Å²) in [5, 5.41) is 2.64. The van der Waals surface area contributed by atoms with E-state index in [1.165, 1.54) is 21.9 Å². The number of nitrogens with zero attached hydrogens (tertiary/aromatic N) is 1. The zero-order chi connectivity index (χ0) is 11.8. The van der Waals surface area contributed by atoms with Crippen molar-refractivity contribution >= 4 is 16.3 Å². The first-order chi connectivity index (χ1) is 8.25. The largest absolute Gasteiger partial charge is 0.296 e. The Kier molecular flexibility index (Phi) is 2.49. The monoisotopic (exact) mass is 223 g/mol. The zero-order valence-corrected chi connectivity index (χ0v) is 10.4. The third-order valence-corrected chi connectivity index (χ3v) is 3.79. The molecule has 1 nitrogen and oxygen atoms in total. The molecule has 86 valence electrons. The molecule has 2 aromatic rings. The summed E-state index contributed by atoms with van der Waals surface area (Å²) < 4.78 is 0. The van der Waals surface area contributed by atoms with Gasteiger partial charge in [-0.05, 0) is 41.9 Å². The van der Waals surface area contributed by atoms with E-state index < -0.39 is 0 Å². The lowest BCUT2D eigenvalue weighted by Gasteiger charge is -2.18. The molecule has 17 heavy (non-hydrogen) atoms. The molecular formula is C16H17N. The first-order valence-corrected chi connectivity index (χ1v) is 6.15. The van der Waals surface area contributed by atoms with Crippen molar-refractivity contribution < 1.29 is 0 Å². The van der Waals surface area contributed by atoms with Gasteiger partial charge >= 0.3 is 0 Å². The van der Waals surface area contributed by atoms with Gasteiger partial charge in [0.15, 0.2) is 0 Å². The predicted octanol–water partition coefficient (Wildman–Crippen LogP) is 3.56. The van der Waals surface area contributed by atoms with Crippen LogP contribution >= 0.6 is 0 Å². The van der Waals surface area contributed by atoms with Crippen molar-refractivity contribution in [2.24, 2.45) is 0 Å². The summed E-state index contributed by atoms with van der Waals surface area (Å²) in [5.41, 5.74) is 2.82. The second-order valence-electron chi connectivity index (χ2n) is 4.84. The van der Waals surface area contributed by atoms with Gasteiger partial charge in [-0.1, -0.05) is 42.5 Å². The minimum absolute atomic E-state index is 0.524. The lowest BCUT2D eigenvalue weighted by molar-refractivity contribution is 0.357. The molecule has 0 fully saturated rings. The van der Waals surface area contributed by atoms with E-state index >= 15 is 0 Å². The van der Waals surface area contributed by atoms with Crippen molar-refractivity contribution in [2.45, 2.75) is 13.0 Å². The van der Waals surface area contributed by atoms with Crippen LogP contribution in [0.2, 0.25) is 0 Å². The van der Waals surface area contributed by atoms with E-state index in [0.717, 1.165) is 6.54 Å². The van der Waals surface area contributed by atoms with E-state index in [-0.39, 0.29) is 0 Å². The Morgan fingerprint density at radius 1 is 1.06 bits per heavy atom. The molecule has 2 aromatic carbocycles. The molecule has 0 radical (unpaired) electrons. The van der Waals surface area contributed by atoms with Gasteiger partial charge in [0, 0.05) is 12.6 Å². The second-order valence-corrected chi connectivity index (χ2v) is 4.84. The van der Waals surface area contributed by atoms with Gasteiger partial charge in [0.05, 0.1) is 0 Å². The zero-order valence-electron chi connectivity index (χ0n) is 10.4. The summed E-state index contributed by atoms with van der Waals surface area (Å²) in [7, 11) is 2.18. The number of benzene rings is 2. The van der Waals surface area contributed by atoms with Crippen LogP contribution in [0.3, 0.4) is 0 Å². The van der Waals surface area contributed by atoms with Crippen LogP contribution < -0.4 is 0 Å². The van der Waals surface area contributed by atoms with Gasteiger partial charge < -0.3 is 0 Å².